The zero-order valence-electron chi connectivity index (χ0n) is 19.2. The number of hydrogen-bond donors (Lipinski definition) is 0. The Morgan fingerprint density at radius 2 is 1.06 bits per heavy atom. The third kappa shape index (κ3) is 4.91. The summed E-state index contributed by atoms with van der Waals surface area (Å²) in [7, 11) is 0. The predicted octanol–water partition coefficient (Wildman–Crippen LogP) is 5.84. The Morgan fingerprint density at radius 1 is 0.677 bits per heavy atom. The van der Waals surface area contributed by atoms with Crippen molar-refractivity contribution in [3.8, 4) is 11.5 Å². The fourth-order valence-corrected chi connectivity index (χ4v) is 4.29. The van der Waals surface area contributed by atoms with E-state index >= 15 is 0 Å². The summed E-state index contributed by atoms with van der Waals surface area (Å²) in [4.78, 5) is 0. The first-order valence-electron chi connectivity index (χ1n) is 11.7. The molecule has 0 spiro atoms. The van der Waals surface area contributed by atoms with Crippen LogP contribution in [0.15, 0.2) is 48.5 Å². The molecule has 0 bridgehead atoms. The zero-order chi connectivity index (χ0) is 21.7. The van der Waals surface area contributed by atoms with Crippen LogP contribution in [-0.4, -0.2) is 39.6 Å². The van der Waals surface area contributed by atoms with Crippen molar-refractivity contribution in [3.63, 3.8) is 0 Å². The molecule has 2 saturated heterocycles. The quantitative estimate of drug-likeness (QED) is 0.454. The van der Waals surface area contributed by atoms with Gasteiger partial charge in [0.15, 0.2) is 0 Å². The highest BCUT2D eigenvalue weighted by Crippen LogP contribution is 2.35. The van der Waals surface area contributed by atoms with Gasteiger partial charge in [-0.2, -0.15) is 0 Å². The molecule has 2 aromatic rings. The highest BCUT2D eigenvalue weighted by atomic mass is 16.5. The van der Waals surface area contributed by atoms with Crippen LogP contribution in [0.25, 0.3) is 0 Å². The summed E-state index contributed by atoms with van der Waals surface area (Å²) in [6.45, 7) is 11.4. The molecule has 0 N–H and O–H groups in total. The molecule has 2 aromatic carbocycles. The van der Waals surface area contributed by atoms with E-state index in [1.165, 1.54) is 11.1 Å². The van der Waals surface area contributed by atoms with Crippen LogP contribution in [0.4, 0.5) is 0 Å². The van der Waals surface area contributed by atoms with Crippen molar-refractivity contribution < 1.29 is 18.9 Å². The van der Waals surface area contributed by atoms with E-state index in [2.05, 4.69) is 69.3 Å². The van der Waals surface area contributed by atoms with Crippen molar-refractivity contribution in [2.75, 3.05) is 39.6 Å². The first-order valence-corrected chi connectivity index (χ1v) is 11.7. The lowest BCUT2D eigenvalue weighted by atomic mass is 9.84. The molecule has 0 aliphatic carbocycles. The number of hydrogen-bond acceptors (Lipinski definition) is 4. The first-order chi connectivity index (χ1) is 15.1. The molecule has 31 heavy (non-hydrogen) atoms. The Morgan fingerprint density at radius 3 is 1.32 bits per heavy atom. The van der Waals surface area contributed by atoms with E-state index in [0.29, 0.717) is 5.92 Å². The molecule has 0 saturated carbocycles. The van der Waals surface area contributed by atoms with Gasteiger partial charge in [0, 0.05) is 5.92 Å². The Hall–Kier alpha value is -2.04. The Kier molecular flexibility index (Phi) is 6.88. The summed E-state index contributed by atoms with van der Waals surface area (Å²) in [5.41, 5.74) is 3.04. The van der Waals surface area contributed by atoms with Crippen LogP contribution in [0.5, 0.6) is 11.5 Å². The molecule has 0 atom stereocenters. The molecule has 168 valence electrons. The molecule has 2 aliphatic rings. The first kappa shape index (κ1) is 22.2. The van der Waals surface area contributed by atoms with Crippen LogP contribution in [0.1, 0.15) is 57.1 Å². The maximum absolute atomic E-state index is 6.07. The smallest absolute Gasteiger partial charge is 0.119 e. The van der Waals surface area contributed by atoms with E-state index in [-0.39, 0.29) is 10.8 Å². The lowest BCUT2D eigenvalue weighted by molar-refractivity contribution is -0.133. The molecule has 2 heterocycles. The van der Waals surface area contributed by atoms with Gasteiger partial charge < -0.3 is 18.9 Å². The fraction of sp³-hybridized carbons (Fsp3) is 0.556. The van der Waals surface area contributed by atoms with Crippen molar-refractivity contribution in [2.24, 2.45) is 10.8 Å². The largest absolute Gasteiger partial charge is 0.493 e. The van der Waals surface area contributed by atoms with Gasteiger partial charge in [0.25, 0.3) is 0 Å². The van der Waals surface area contributed by atoms with Gasteiger partial charge in [0.1, 0.15) is 11.5 Å². The van der Waals surface area contributed by atoms with Gasteiger partial charge >= 0.3 is 0 Å². The molecular weight excluding hydrogens is 388 g/mol. The summed E-state index contributed by atoms with van der Waals surface area (Å²) in [6, 6.07) is 17.2. The molecule has 0 radical (unpaired) electrons. The molecule has 0 unspecified atom stereocenters. The average molecular weight is 425 g/mol. The topological polar surface area (TPSA) is 36.9 Å². The highest BCUT2D eigenvalue weighted by molar-refractivity contribution is 5.38. The minimum Gasteiger partial charge on any atom is -0.493 e. The van der Waals surface area contributed by atoms with Crippen LogP contribution in [0.3, 0.4) is 0 Å². The van der Waals surface area contributed by atoms with Crippen LogP contribution >= 0.6 is 0 Å². The number of benzene rings is 2. The van der Waals surface area contributed by atoms with Gasteiger partial charge in [0.2, 0.25) is 0 Å². The lowest BCUT2D eigenvalue weighted by Gasteiger charge is -2.40. The van der Waals surface area contributed by atoms with Crippen molar-refractivity contribution in [2.45, 2.75) is 46.0 Å². The van der Waals surface area contributed by atoms with E-state index in [9.17, 15) is 0 Å². The summed E-state index contributed by atoms with van der Waals surface area (Å²) in [6.07, 6.45) is 3.23. The van der Waals surface area contributed by atoms with Crippen LogP contribution in [-0.2, 0) is 9.47 Å². The second-order valence-corrected chi connectivity index (χ2v) is 9.37. The molecular formula is C27H36O4. The molecule has 0 aromatic heterocycles. The zero-order valence-corrected chi connectivity index (χ0v) is 19.2. The molecule has 4 rings (SSSR count). The number of ether oxygens (including phenoxy) is 4. The van der Waals surface area contributed by atoms with Gasteiger partial charge in [0.05, 0.1) is 50.5 Å². The minimum absolute atomic E-state index is 0.205. The number of rotatable bonds is 11. The standard InChI is InChI=1S/C27H36O4/c1-4-25(21-7-11-23(12-8-21)30-19-26(5-2)15-28-16-26)22-9-13-24(14-10-22)31-20-27(6-3)17-29-18-27/h7-14,25H,4-6,15-20H2,1-3H3. The lowest BCUT2D eigenvalue weighted by Crippen LogP contribution is -2.46. The van der Waals surface area contributed by atoms with Gasteiger partial charge in [-0.3, -0.25) is 0 Å². The molecule has 0 amide bonds. The Labute approximate surface area is 186 Å². The second kappa shape index (κ2) is 9.62. The average Bonchev–Trinajstić information content (AvgIpc) is 2.75. The van der Waals surface area contributed by atoms with Gasteiger partial charge in [-0.1, -0.05) is 45.0 Å². The van der Waals surface area contributed by atoms with Crippen molar-refractivity contribution >= 4 is 0 Å². The van der Waals surface area contributed by atoms with Crippen LogP contribution < -0.4 is 9.47 Å². The third-order valence-corrected chi connectivity index (χ3v) is 7.20. The summed E-state index contributed by atoms with van der Waals surface area (Å²) in [5, 5.41) is 0. The van der Waals surface area contributed by atoms with Crippen LogP contribution in [0.2, 0.25) is 0 Å². The third-order valence-electron chi connectivity index (χ3n) is 7.20. The molecule has 4 nitrogen and oxygen atoms in total. The summed E-state index contributed by atoms with van der Waals surface area (Å²) < 4.78 is 22.9. The van der Waals surface area contributed by atoms with E-state index in [1.54, 1.807) is 0 Å². The van der Waals surface area contributed by atoms with E-state index in [0.717, 1.165) is 70.4 Å². The van der Waals surface area contributed by atoms with Gasteiger partial charge in [-0.25, -0.2) is 0 Å². The second-order valence-electron chi connectivity index (χ2n) is 9.37. The van der Waals surface area contributed by atoms with Crippen molar-refractivity contribution in [1.29, 1.82) is 0 Å². The molecule has 2 fully saturated rings. The monoisotopic (exact) mass is 424 g/mol. The summed E-state index contributed by atoms with van der Waals surface area (Å²) in [5.74, 6) is 2.24. The summed E-state index contributed by atoms with van der Waals surface area (Å²) >= 11 is 0. The van der Waals surface area contributed by atoms with Gasteiger partial charge in [-0.15, -0.1) is 0 Å². The predicted molar refractivity (Wildman–Crippen MR) is 123 cm³/mol. The normalized spacial score (nSPS) is 18.8. The maximum Gasteiger partial charge on any atom is 0.119 e. The SMILES string of the molecule is CCC(c1ccc(OCC2(CC)COC2)cc1)c1ccc(OCC2(CC)COC2)cc1. The Bertz CT molecular complexity index is 739. The highest BCUT2D eigenvalue weighted by Gasteiger charge is 2.38. The molecule has 4 heteroatoms. The van der Waals surface area contributed by atoms with E-state index < -0.39 is 0 Å². The van der Waals surface area contributed by atoms with Crippen molar-refractivity contribution in [3.05, 3.63) is 59.7 Å². The maximum atomic E-state index is 6.07. The van der Waals surface area contributed by atoms with E-state index in [1.807, 2.05) is 0 Å². The molecule has 2 aliphatic heterocycles. The van der Waals surface area contributed by atoms with E-state index in [4.69, 9.17) is 18.9 Å². The van der Waals surface area contributed by atoms with Gasteiger partial charge in [-0.05, 0) is 54.7 Å². The van der Waals surface area contributed by atoms with Crippen LogP contribution in [0, 0.1) is 10.8 Å². The van der Waals surface area contributed by atoms with Crippen molar-refractivity contribution in [1.82, 2.24) is 0 Å². The Balaban J connectivity index is 1.35. The fourth-order valence-electron chi connectivity index (χ4n) is 4.29. The minimum atomic E-state index is 0.205.